The van der Waals surface area contributed by atoms with Crippen molar-refractivity contribution >= 4 is 5.96 Å². The molecule has 0 bridgehead atoms. The van der Waals surface area contributed by atoms with Gasteiger partial charge in [0.2, 0.25) is 5.89 Å². The number of rotatable bonds is 8. The Bertz CT molecular complexity index is 637. The van der Waals surface area contributed by atoms with E-state index in [2.05, 4.69) is 39.3 Å². The van der Waals surface area contributed by atoms with E-state index < -0.39 is 0 Å². The molecule has 2 aliphatic rings. The lowest BCUT2D eigenvalue weighted by atomic mass is 9.97. The monoisotopic (exact) mass is 418 g/mol. The summed E-state index contributed by atoms with van der Waals surface area (Å²) in [6, 6.07) is 0.547. The second kappa shape index (κ2) is 11.7. The molecule has 3 heterocycles. The maximum absolute atomic E-state index is 5.75. The van der Waals surface area contributed by atoms with Gasteiger partial charge in [-0.1, -0.05) is 6.92 Å². The number of oxazole rings is 1. The van der Waals surface area contributed by atoms with E-state index in [4.69, 9.17) is 9.41 Å². The molecule has 0 saturated carbocycles. The summed E-state index contributed by atoms with van der Waals surface area (Å²) in [5, 5.41) is 7.14. The first kappa shape index (κ1) is 23.1. The van der Waals surface area contributed by atoms with Crippen LogP contribution in [0, 0.1) is 19.8 Å². The number of aromatic nitrogens is 1. The molecule has 3 rings (SSSR count). The molecule has 0 aliphatic carbocycles. The molecule has 2 fully saturated rings. The van der Waals surface area contributed by atoms with Gasteiger partial charge in [0.15, 0.2) is 5.96 Å². The van der Waals surface area contributed by atoms with E-state index >= 15 is 0 Å². The van der Waals surface area contributed by atoms with Crippen molar-refractivity contribution in [3.8, 4) is 0 Å². The maximum atomic E-state index is 5.75. The van der Waals surface area contributed by atoms with Gasteiger partial charge in [0.1, 0.15) is 5.76 Å². The van der Waals surface area contributed by atoms with E-state index in [9.17, 15) is 0 Å². The Morgan fingerprint density at radius 2 is 1.77 bits per heavy atom. The van der Waals surface area contributed by atoms with Crippen molar-refractivity contribution in [2.45, 2.75) is 72.4 Å². The molecule has 7 nitrogen and oxygen atoms in total. The highest BCUT2D eigenvalue weighted by Gasteiger charge is 2.22. The molecule has 0 amide bonds. The zero-order valence-corrected chi connectivity index (χ0v) is 19.5. The average Bonchev–Trinajstić information content (AvgIpc) is 3.06. The third kappa shape index (κ3) is 6.98. The molecule has 1 aromatic heterocycles. The molecule has 2 N–H and O–H groups in total. The van der Waals surface area contributed by atoms with Gasteiger partial charge in [0, 0.05) is 32.2 Å². The van der Waals surface area contributed by atoms with Crippen LogP contribution in [-0.2, 0) is 6.54 Å². The number of piperidine rings is 2. The van der Waals surface area contributed by atoms with Crippen molar-refractivity contribution < 1.29 is 4.42 Å². The molecule has 0 unspecified atom stereocenters. The van der Waals surface area contributed by atoms with Gasteiger partial charge in [-0.15, -0.1) is 0 Å². The minimum Gasteiger partial charge on any atom is -0.444 e. The van der Waals surface area contributed by atoms with Gasteiger partial charge in [-0.05, 0) is 78.4 Å². The minimum absolute atomic E-state index is 0.547. The van der Waals surface area contributed by atoms with Gasteiger partial charge in [0.05, 0.1) is 12.2 Å². The summed E-state index contributed by atoms with van der Waals surface area (Å²) in [4.78, 5) is 14.5. The second-order valence-corrected chi connectivity index (χ2v) is 8.95. The van der Waals surface area contributed by atoms with Crippen molar-refractivity contribution in [3.05, 3.63) is 17.3 Å². The third-order valence-corrected chi connectivity index (χ3v) is 6.46. The topological polar surface area (TPSA) is 68.9 Å². The number of nitrogens with one attached hydrogen (secondary N) is 2. The first-order chi connectivity index (χ1) is 14.6. The lowest BCUT2D eigenvalue weighted by Crippen LogP contribution is -2.49. The quantitative estimate of drug-likeness (QED) is 0.500. The van der Waals surface area contributed by atoms with Crippen LogP contribution in [-0.4, -0.2) is 72.6 Å². The third-order valence-electron chi connectivity index (χ3n) is 6.46. The lowest BCUT2D eigenvalue weighted by Gasteiger charge is -2.33. The van der Waals surface area contributed by atoms with Crippen molar-refractivity contribution in [2.24, 2.45) is 10.9 Å². The predicted octanol–water partition coefficient (Wildman–Crippen LogP) is 2.93. The largest absolute Gasteiger partial charge is 0.444 e. The number of aryl methyl sites for hydroxylation is 2. The van der Waals surface area contributed by atoms with Crippen LogP contribution in [0.4, 0.5) is 0 Å². The van der Waals surface area contributed by atoms with E-state index in [-0.39, 0.29) is 0 Å². The second-order valence-electron chi connectivity index (χ2n) is 8.95. The van der Waals surface area contributed by atoms with E-state index in [1.807, 2.05) is 13.8 Å². The minimum atomic E-state index is 0.547. The molecule has 7 heteroatoms. The van der Waals surface area contributed by atoms with Crippen LogP contribution in [0.2, 0.25) is 0 Å². The number of hydrogen-bond donors (Lipinski definition) is 2. The SMILES string of the molecule is CCCN1CCC(NC(=NCC2CCN(Cc3nc(C)c(C)o3)CC2)NCC)CC1. The zero-order valence-electron chi connectivity index (χ0n) is 19.5. The van der Waals surface area contributed by atoms with Gasteiger partial charge >= 0.3 is 0 Å². The molecule has 0 radical (unpaired) electrons. The Kier molecular flexibility index (Phi) is 9.00. The Hall–Kier alpha value is -1.60. The highest BCUT2D eigenvalue weighted by atomic mass is 16.4. The van der Waals surface area contributed by atoms with Crippen molar-refractivity contribution in [3.63, 3.8) is 0 Å². The summed E-state index contributed by atoms with van der Waals surface area (Å²) in [5.41, 5.74) is 1.01. The number of likely N-dealkylation sites (tertiary alicyclic amines) is 2. The summed E-state index contributed by atoms with van der Waals surface area (Å²) in [6.45, 7) is 16.9. The fourth-order valence-electron chi connectivity index (χ4n) is 4.48. The van der Waals surface area contributed by atoms with E-state index in [1.165, 1.54) is 51.7 Å². The van der Waals surface area contributed by atoms with Crippen molar-refractivity contribution in [1.29, 1.82) is 0 Å². The summed E-state index contributed by atoms with van der Waals surface area (Å²) in [6.07, 6.45) is 6.05. The average molecular weight is 419 g/mol. The fraction of sp³-hybridized carbons (Fsp3) is 0.826. The molecule has 30 heavy (non-hydrogen) atoms. The van der Waals surface area contributed by atoms with Crippen molar-refractivity contribution in [1.82, 2.24) is 25.4 Å². The van der Waals surface area contributed by atoms with Crippen LogP contribution in [0.1, 0.15) is 63.3 Å². The molecular weight excluding hydrogens is 376 g/mol. The molecule has 2 aliphatic heterocycles. The number of hydrogen-bond acceptors (Lipinski definition) is 5. The Morgan fingerprint density at radius 1 is 1.07 bits per heavy atom. The van der Waals surface area contributed by atoms with Gasteiger partial charge in [0.25, 0.3) is 0 Å². The lowest BCUT2D eigenvalue weighted by molar-refractivity contribution is 0.166. The van der Waals surface area contributed by atoms with Crippen LogP contribution in [0.5, 0.6) is 0 Å². The van der Waals surface area contributed by atoms with Gasteiger partial charge in [-0.2, -0.15) is 0 Å². The van der Waals surface area contributed by atoms with Crippen LogP contribution in [0.3, 0.4) is 0 Å². The molecular formula is C23H42N6O. The van der Waals surface area contributed by atoms with Gasteiger partial charge < -0.3 is 20.0 Å². The molecule has 0 atom stereocenters. The zero-order chi connectivity index (χ0) is 21.3. The molecule has 1 aromatic rings. The highest BCUT2D eigenvalue weighted by molar-refractivity contribution is 5.80. The molecule has 0 aromatic carbocycles. The Morgan fingerprint density at radius 3 is 2.37 bits per heavy atom. The van der Waals surface area contributed by atoms with Crippen LogP contribution in [0.25, 0.3) is 0 Å². The summed E-state index contributed by atoms with van der Waals surface area (Å²) in [5.74, 6) is 3.45. The van der Waals surface area contributed by atoms with Crippen LogP contribution in [0.15, 0.2) is 9.41 Å². The number of guanidine groups is 1. The summed E-state index contributed by atoms with van der Waals surface area (Å²) >= 11 is 0. The van der Waals surface area contributed by atoms with Crippen molar-refractivity contribution in [2.75, 3.05) is 45.8 Å². The van der Waals surface area contributed by atoms with E-state index in [0.29, 0.717) is 12.0 Å². The normalized spacial score (nSPS) is 20.6. The van der Waals surface area contributed by atoms with Gasteiger partial charge in [-0.3, -0.25) is 9.89 Å². The molecule has 170 valence electrons. The Balaban J connectivity index is 1.41. The first-order valence-corrected chi connectivity index (χ1v) is 12.0. The molecule has 2 saturated heterocycles. The Labute approximate surface area is 182 Å². The number of nitrogens with zero attached hydrogens (tertiary/aromatic N) is 4. The highest BCUT2D eigenvalue weighted by Crippen LogP contribution is 2.20. The first-order valence-electron chi connectivity index (χ1n) is 12.0. The van der Waals surface area contributed by atoms with Crippen LogP contribution >= 0.6 is 0 Å². The van der Waals surface area contributed by atoms with E-state index in [0.717, 1.165) is 56.0 Å². The summed E-state index contributed by atoms with van der Waals surface area (Å²) < 4.78 is 5.75. The smallest absolute Gasteiger partial charge is 0.208 e. The summed E-state index contributed by atoms with van der Waals surface area (Å²) in [7, 11) is 0. The number of aliphatic imine (C=N–C) groups is 1. The predicted molar refractivity (Wildman–Crippen MR) is 123 cm³/mol. The fourth-order valence-corrected chi connectivity index (χ4v) is 4.48. The standard InChI is InChI=1S/C23H42N6O/c1-5-11-28-14-9-21(10-15-28)27-23(24-6-2)25-16-20-7-12-29(13-8-20)17-22-26-18(3)19(4)30-22/h20-21H,5-17H2,1-4H3,(H2,24,25,27). The maximum Gasteiger partial charge on any atom is 0.208 e. The van der Waals surface area contributed by atoms with Gasteiger partial charge in [-0.25, -0.2) is 4.98 Å². The molecule has 0 spiro atoms. The van der Waals surface area contributed by atoms with Crippen LogP contribution < -0.4 is 10.6 Å². The van der Waals surface area contributed by atoms with E-state index in [1.54, 1.807) is 0 Å².